The lowest BCUT2D eigenvalue weighted by atomic mass is 9.72. The Kier molecular flexibility index (Phi) is 6.25. The summed E-state index contributed by atoms with van der Waals surface area (Å²) in [5, 5.41) is 13.7. The highest BCUT2D eigenvalue weighted by Gasteiger charge is 2.38. The molecule has 1 aliphatic rings. The van der Waals surface area contributed by atoms with Gasteiger partial charge in [-0.05, 0) is 31.4 Å². The van der Waals surface area contributed by atoms with Crippen molar-refractivity contribution in [3.63, 3.8) is 0 Å². The van der Waals surface area contributed by atoms with E-state index in [1.54, 1.807) is 6.92 Å². The van der Waals surface area contributed by atoms with E-state index in [2.05, 4.69) is 34.8 Å². The van der Waals surface area contributed by atoms with Crippen molar-refractivity contribution in [3.05, 3.63) is 69.7 Å². The number of ether oxygens (including phenoxy) is 1. The molecule has 3 atom stereocenters. The molecule has 5 rings (SSSR count). The molecule has 4 aromatic heterocycles. The van der Waals surface area contributed by atoms with Crippen LogP contribution < -0.4 is 10.3 Å². The number of nitrogens with zero attached hydrogens (tertiary/aromatic N) is 7. The maximum atomic E-state index is 13.0. The van der Waals surface area contributed by atoms with Gasteiger partial charge in [-0.3, -0.25) is 9.78 Å². The lowest BCUT2D eigenvalue weighted by Gasteiger charge is -2.34. The van der Waals surface area contributed by atoms with Crippen LogP contribution in [0.2, 0.25) is 0 Å². The molecule has 0 spiro atoms. The van der Waals surface area contributed by atoms with Crippen LogP contribution in [0.4, 0.5) is 22.0 Å². The Bertz CT molecular complexity index is 1580. The summed E-state index contributed by atoms with van der Waals surface area (Å²) in [5.41, 5.74) is -1.40. The molecular weight excluding hydrogens is 515 g/mol. The number of pyridine rings is 1. The second-order valence-corrected chi connectivity index (χ2v) is 8.65. The summed E-state index contributed by atoms with van der Waals surface area (Å²) >= 11 is 0. The molecule has 1 fully saturated rings. The van der Waals surface area contributed by atoms with Gasteiger partial charge in [-0.15, -0.1) is 0 Å². The number of nitriles is 1. The zero-order valence-electron chi connectivity index (χ0n) is 19.4. The van der Waals surface area contributed by atoms with Crippen molar-refractivity contribution in [3.8, 4) is 11.8 Å². The minimum atomic E-state index is -4.60. The molecule has 1 aliphatic carbocycles. The maximum absolute atomic E-state index is 13.0. The van der Waals surface area contributed by atoms with Crippen molar-refractivity contribution in [2.45, 2.75) is 50.4 Å². The fraction of sp³-hybridized carbons (Fsp3) is 0.348. The average molecular weight is 532 g/mol. The maximum Gasteiger partial charge on any atom is 0.433 e. The molecule has 10 nitrogen and oxygen atoms in total. The molecule has 4 heterocycles. The smallest absolute Gasteiger partial charge is 0.432 e. The molecule has 0 unspecified atom stereocenters. The van der Waals surface area contributed by atoms with E-state index in [0.717, 1.165) is 24.7 Å². The van der Waals surface area contributed by atoms with Gasteiger partial charge in [0.05, 0.1) is 18.4 Å². The number of hydrogen-bond acceptors (Lipinski definition) is 8. The van der Waals surface area contributed by atoms with Gasteiger partial charge in [0, 0.05) is 18.0 Å². The van der Waals surface area contributed by atoms with Crippen molar-refractivity contribution < 1.29 is 26.7 Å². The van der Waals surface area contributed by atoms with E-state index in [0.29, 0.717) is 30.1 Å². The van der Waals surface area contributed by atoms with Gasteiger partial charge in [0.25, 0.3) is 5.56 Å². The van der Waals surface area contributed by atoms with E-state index < -0.39 is 30.1 Å². The minimum Gasteiger partial charge on any atom is -0.432 e. The van der Waals surface area contributed by atoms with Crippen LogP contribution in [-0.2, 0) is 6.18 Å². The predicted octanol–water partition coefficient (Wildman–Crippen LogP) is 4.07. The molecule has 0 aromatic carbocycles. The van der Waals surface area contributed by atoms with E-state index >= 15 is 0 Å². The zero-order valence-corrected chi connectivity index (χ0v) is 19.4. The van der Waals surface area contributed by atoms with Crippen molar-refractivity contribution in [2.75, 3.05) is 0 Å². The van der Waals surface area contributed by atoms with Crippen molar-refractivity contribution in [1.29, 1.82) is 5.26 Å². The SMILES string of the molecule is C[C@@H](c1ccc(C(F)(F)F)nc1)n1nc(C#N)c2c(=O)[nH]c([C@@H]3CC[C@H]3c3ncc(OC(F)F)cn3)nc21. The fourth-order valence-corrected chi connectivity index (χ4v) is 4.37. The number of aromatic nitrogens is 7. The van der Waals surface area contributed by atoms with Crippen LogP contribution in [0.15, 0.2) is 35.5 Å². The normalized spacial score (nSPS) is 18.3. The first-order valence-electron chi connectivity index (χ1n) is 11.3. The lowest BCUT2D eigenvalue weighted by molar-refractivity contribution is -0.141. The first-order valence-corrected chi connectivity index (χ1v) is 11.3. The molecule has 0 amide bonds. The Labute approximate surface area is 210 Å². The molecule has 0 saturated heterocycles. The van der Waals surface area contributed by atoms with Crippen molar-refractivity contribution >= 4 is 11.0 Å². The Morgan fingerprint density at radius 1 is 1.13 bits per heavy atom. The van der Waals surface area contributed by atoms with Crippen LogP contribution in [0.3, 0.4) is 0 Å². The molecule has 196 valence electrons. The first kappa shape index (κ1) is 25.2. The third kappa shape index (κ3) is 4.53. The minimum absolute atomic E-state index is 0.0522. The van der Waals surface area contributed by atoms with Gasteiger partial charge in [0.1, 0.15) is 28.8 Å². The standard InChI is InChI=1S/C23H17F5N8O2/c1-10(11-2-5-16(30-7-11)23(26,27)28)36-20-17(15(6-29)35-36)21(37)34-19(33-20)14-4-3-13(14)18-31-8-12(9-32-18)38-22(24)25/h2,5,7-10,13-14,22H,3-4H2,1H3,(H,33,34,37)/t10-,13+,14+/m0/s1. The molecule has 1 saturated carbocycles. The zero-order chi connectivity index (χ0) is 27.2. The molecule has 38 heavy (non-hydrogen) atoms. The Hall–Kier alpha value is -4.48. The highest BCUT2D eigenvalue weighted by Crippen LogP contribution is 2.47. The van der Waals surface area contributed by atoms with Gasteiger partial charge in [-0.25, -0.2) is 19.6 Å². The van der Waals surface area contributed by atoms with Crippen molar-refractivity contribution in [1.82, 2.24) is 34.7 Å². The molecule has 4 aromatic rings. The topological polar surface area (TPSA) is 135 Å². The summed E-state index contributed by atoms with van der Waals surface area (Å²) < 4.78 is 69.1. The van der Waals surface area contributed by atoms with Crippen LogP contribution in [0.5, 0.6) is 5.75 Å². The number of rotatable bonds is 6. The number of fused-ring (bicyclic) bond motifs is 1. The van der Waals surface area contributed by atoms with E-state index in [1.165, 1.54) is 10.7 Å². The van der Waals surface area contributed by atoms with Crippen LogP contribution in [0, 0.1) is 11.3 Å². The van der Waals surface area contributed by atoms with Crippen molar-refractivity contribution in [2.24, 2.45) is 0 Å². The molecular formula is C23H17F5N8O2. The number of alkyl halides is 5. The molecule has 0 bridgehead atoms. The van der Waals surface area contributed by atoms with Crippen LogP contribution in [0.25, 0.3) is 11.0 Å². The molecule has 15 heteroatoms. The van der Waals surface area contributed by atoms with Crippen LogP contribution in [0.1, 0.15) is 66.2 Å². The average Bonchev–Trinajstić information content (AvgIpc) is 3.22. The second-order valence-electron chi connectivity index (χ2n) is 8.65. The van der Waals surface area contributed by atoms with Gasteiger partial charge in [0.15, 0.2) is 17.1 Å². The summed E-state index contributed by atoms with van der Waals surface area (Å²) in [5.74, 6) is -0.114. The third-order valence-electron chi connectivity index (χ3n) is 6.44. The third-order valence-corrected chi connectivity index (χ3v) is 6.44. The van der Waals surface area contributed by atoms with Gasteiger partial charge < -0.3 is 9.72 Å². The van der Waals surface area contributed by atoms with Gasteiger partial charge in [-0.2, -0.15) is 32.3 Å². The van der Waals surface area contributed by atoms with E-state index in [9.17, 15) is 32.0 Å². The highest BCUT2D eigenvalue weighted by molar-refractivity contribution is 5.80. The molecule has 0 radical (unpaired) electrons. The van der Waals surface area contributed by atoms with Crippen LogP contribution in [-0.4, -0.2) is 41.3 Å². The number of H-pyrrole nitrogens is 1. The fourth-order valence-electron chi connectivity index (χ4n) is 4.37. The summed E-state index contributed by atoms with van der Waals surface area (Å²) in [7, 11) is 0. The number of nitrogens with one attached hydrogen (secondary N) is 1. The second kappa shape index (κ2) is 9.43. The molecule has 1 N–H and O–H groups in total. The van der Waals surface area contributed by atoms with Crippen LogP contribution >= 0.6 is 0 Å². The molecule has 0 aliphatic heterocycles. The monoisotopic (exact) mass is 532 g/mol. The predicted molar refractivity (Wildman–Crippen MR) is 119 cm³/mol. The van der Waals surface area contributed by atoms with Gasteiger partial charge in [-0.1, -0.05) is 6.07 Å². The summed E-state index contributed by atoms with van der Waals surface area (Å²) in [4.78, 5) is 31.9. The summed E-state index contributed by atoms with van der Waals surface area (Å²) in [6.07, 6.45) is 0.000771. The van der Waals surface area contributed by atoms with Gasteiger partial charge in [0.2, 0.25) is 0 Å². The Balaban J connectivity index is 1.50. The Morgan fingerprint density at radius 2 is 1.84 bits per heavy atom. The summed E-state index contributed by atoms with van der Waals surface area (Å²) in [6.45, 7) is -1.38. The number of aromatic amines is 1. The Morgan fingerprint density at radius 3 is 2.39 bits per heavy atom. The van der Waals surface area contributed by atoms with E-state index in [4.69, 9.17) is 0 Å². The lowest BCUT2D eigenvalue weighted by Crippen LogP contribution is -2.28. The number of halogens is 5. The van der Waals surface area contributed by atoms with Gasteiger partial charge >= 0.3 is 12.8 Å². The van der Waals surface area contributed by atoms with E-state index in [1.807, 2.05) is 6.07 Å². The largest absolute Gasteiger partial charge is 0.433 e. The highest BCUT2D eigenvalue weighted by atomic mass is 19.4. The quantitative estimate of drug-likeness (QED) is 0.367. The van der Waals surface area contributed by atoms with E-state index in [-0.39, 0.29) is 34.3 Å². The number of hydrogen-bond donors (Lipinski definition) is 1. The first-order chi connectivity index (χ1) is 18.1. The summed E-state index contributed by atoms with van der Waals surface area (Å²) in [6, 6.07) is 3.23.